The molecule has 18 heavy (non-hydrogen) atoms. The fourth-order valence-electron chi connectivity index (χ4n) is 1.81. The van der Waals surface area contributed by atoms with Crippen molar-refractivity contribution >= 4 is 44.8 Å². The molecule has 2 heterocycles. The highest BCUT2D eigenvalue weighted by Gasteiger charge is 2.11. The molecule has 0 saturated heterocycles. The number of hydrogen-bond acceptors (Lipinski definition) is 1. The average Bonchev–Trinajstić information content (AvgIpc) is 2.78. The van der Waals surface area contributed by atoms with Gasteiger partial charge in [0.05, 0.1) is 20.2 Å². The summed E-state index contributed by atoms with van der Waals surface area (Å²) in [6, 6.07) is 9.43. The molecule has 0 amide bonds. The summed E-state index contributed by atoms with van der Waals surface area (Å²) in [5, 5.41) is 1.06. The van der Waals surface area contributed by atoms with E-state index >= 15 is 0 Å². The van der Waals surface area contributed by atoms with E-state index in [4.69, 9.17) is 23.2 Å². The van der Waals surface area contributed by atoms with Crippen LogP contribution in [-0.2, 0) is 0 Å². The molecule has 0 unspecified atom stereocenters. The third-order valence-corrected chi connectivity index (χ3v) is 4.10. The third kappa shape index (κ3) is 1.92. The van der Waals surface area contributed by atoms with E-state index in [1.165, 1.54) is 0 Å². The molecule has 0 saturated carbocycles. The number of rotatable bonds is 1. The number of fused-ring (bicyclic) bond motifs is 1. The lowest BCUT2D eigenvalue weighted by Crippen LogP contribution is -1.81. The van der Waals surface area contributed by atoms with Crippen LogP contribution in [0.15, 0.2) is 47.2 Å². The molecule has 3 rings (SSSR count). The van der Waals surface area contributed by atoms with Crippen LogP contribution in [0.1, 0.15) is 0 Å². The third-order valence-electron chi connectivity index (χ3n) is 2.66. The van der Waals surface area contributed by atoms with Gasteiger partial charge in [0.25, 0.3) is 0 Å². The second-order valence-corrected chi connectivity index (χ2v) is 5.45. The second-order valence-electron chi connectivity index (χ2n) is 3.81. The Bertz CT molecular complexity index is 737. The highest BCUT2D eigenvalue weighted by molar-refractivity contribution is 9.10. The van der Waals surface area contributed by atoms with E-state index in [9.17, 15) is 0 Å². The van der Waals surface area contributed by atoms with E-state index in [1.54, 1.807) is 6.07 Å². The largest absolute Gasteiger partial charge is 0.306 e. The first-order chi connectivity index (χ1) is 8.66. The van der Waals surface area contributed by atoms with Crippen molar-refractivity contribution in [3.63, 3.8) is 0 Å². The smallest absolute Gasteiger partial charge is 0.151 e. The highest BCUT2D eigenvalue weighted by Crippen LogP contribution is 2.33. The van der Waals surface area contributed by atoms with Gasteiger partial charge in [0.2, 0.25) is 0 Å². The summed E-state index contributed by atoms with van der Waals surface area (Å²) in [4.78, 5) is 4.56. The lowest BCUT2D eigenvalue weighted by molar-refractivity contribution is 1.18. The molecule has 0 aliphatic heterocycles. The minimum atomic E-state index is 0.527. The van der Waals surface area contributed by atoms with Crippen molar-refractivity contribution in [2.75, 3.05) is 0 Å². The van der Waals surface area contributed by atoms with Crippen LogP contribution in [0.3, 0.4) is 0 Å². The summed E-state index contributed by atoms with van der Waals surface area (Å²) >= 11 is 15.7. The fourth-order valence-corrected chi connectivity index (χ4v) is 2.65. The first-order valence-electron chi connectivity index (χ1n) is 5.24. The summed E-state index contributed by atoms with van der Waals surface area (Å²) in [6.07, 6.45) is 3.87. The molecule has 0 aliphatic carbocycles. The van der Waals surface area contributed by atoms with Gasteiger partial charge in [0, 0.05) is 18.0 Å². The molecule has 2 aromatic heterocycles. The fraction of sp³-hybridized carbons (Fsp3) is 0. The van der Waals surface area contributed by atoms with Crippen molar-refractivity contribution in [3.8, 4) is 11.3 Å². The topological polar surface area (TPSA) is 17.3 Å². The van der Waals surface area contributed by atoms with Crippen molar-refractivity contribution < 1.29 is 0 Å². The number of aromatic nitrogens is 2. The lowest BCUT2D eigenvalue weighted by atomic mass is 10.2. The molecule has 5 heteroatoms. The van der Waals surface area contributed by atoms with Gasteiger partial charge in [-0.15, -0.1) is 0 Å². The predicted octanol–water partition coefficient (Wildman–Crippen LogP) is 5.07. The molecule has 0 atom stereocenters. The maximum absolute atomic E-state index is 6.20. The van der Waals surface area contributed by atoms with Crippen LogP contribution in [-0.4, -0.2) is 9.38 Å². The minimum Gasteiger partial charge on any atom is -0.306 e. The highest BCUT2D eigenvalue weighted by atomic mass is 79.9. The maximum Gasteiger partial charge on any atom is 0.151 e. The summed E-state index contributed by atoms with van der Waals surface area (Å²) in [6.45, 7) is 0. The molecule has 1 aromatic carbocycles. The van der Waals surface area contributed by atoms with E-state index in [2.05, 4.69) is 20.9 Å². The van der Waals surface area contributed by atoms with E-state index in [0.29, 0.717) is 10.0 Å². The number of imidazole rings is 1. The molecule has 90 valence electrons. The summed E-state index contributed by atoms with van der Waals surface area (Å²) in [5.41, 5.74) is 2.48. The van der Waals surface area contributed by atoms with E-state index in [1.807, 2.05) is 41.1 Å². The molecule has 0 bridgehead atoms. The van der Waals surface area contributed by atoms with Gasteiger partial charge in [0.15, 0.2) is 5.65 Å². The molecular formula is C13H7BrCl2N2. The first-order valence-corrected chi connectivity index (χ1v) is 6.79. The van der Waals surface area contributed by atoms with Crippen LogP contribution < -0.4 is 0 Å². The van der Waals surface area contributed by atoms with E-state index in [-0.39, 0.29) is 0 Å². The normalized spacial score (nSPS) is 11.1. The average molecular weight is 342 g/mol. The van der Waals surface area contributed by atoms with Crippen LogP contribution in [0.5, 0.6) is 0 Å². The number of pyridine rings is 1. The van der Waals surface area contributed by atoms with Crippen LogP contribution in [0.4, 0.5) is 0 Å². The minimum absolute atomic E-state index is 0.527. The van der Waals surface area contributed by atoms with Crippen LogP contribution in [0.25, 0.3) is 16.9 Å². The second kappa shape index (κ2) is 4.57. The Balaban J connectivity index is 2.26. The van der Waals surface area contributed by atoms with Crippen molar-refractivity contribution in [1.29, 1.82) is 0 Å². The number of benzene rings is 1. The van der Waals surface area contributed by atoms with Gasteiger partial charge >= 0.3 is 0 Å². The van der Waals surface area contributed by atoms with Gasteiger partial charge in [-0.3, -0.25) is 0 Å². The van der Waals surface area contributed by atoms with Crippen molar-refractivity contribution in [1.82, 2.24) is 9.38 Å². The Morgan fingerprint density at radius 1 is 1.11 bits per heavy atom. The Kier molecular flexibility index (Phi) is 3.06. The van der Waals surface area contributed by atoms with Gasteiger partial charge in [-0.25, -0.2) is 4.98 Å². The van der Waals surface area contributed by atoms with Gasteiger partial charge in [0.1, 0.15) is 0 Å². The molecule has 0 spiro atoms. The quantitative estimate of drug-likeness (QED) is 0.604. The molecule has 0 fully saturated rings. The molecule has 0 radical (unpaired) electrons. The van der Waals surface area contributed by atoms with Crippen LogP contribution in [0.2, 0.25) is 10.0 Å². The predicted molar refractivity (Wildman–Crippen MR) is 78.3 cm³/mol. The van der Waals surface area contributed by atoms with E-state index < -0.39 is 0 Å². The Morgan fingerprint density at radius 2 is 1.94 bits per heavy atom. The first kappa shape index (κ1) is 12.0. The molecule has 0 N–H and O–H groups in total. The molecular weight excluding hydrogens is 335 g/mol. The van der Waals surface area contributed by atoms with Crippen LogP contribution >= 0.6 is 39.1 Å². The zero-order valence-corrected chi connectivity index (χ0v) is 12.2. The molecule has 0 aliphatic rings. The Hall–Kier alpha value is -1.03. The van der Waals surface area contributed by atoms with Gasteiger partial charge < -0.3 is 4.40 Å². The molecule has 3 aromatic rings. The SMILES string of the molecule is Clc1cccc(-c2cn3cccc(Br)c3n2)c1Cl. The number of hydrogen-bond donors (Lipinski definition) is 0. The molecule has 2 nitrogen and oxygen atoms in total. The lowest BCUT2D eigenvalue weighted by Gasteiger charge is -2.01. The zero-order chi connectivity index (χ0) is 12.7. The summed E-state index contributed by atoms with van der Waals surface area (Å²) in [7, 11) is 0. The van der Waals surface area contributed by atoms with Crippen molar-refractivity contribution in [2.24, 2.45) is 0 Å². The van der Waals surface area contributed by atoms with Crippen molar-refractivity contribution in [3.05, 3.63) is 57.2 Å². The van der Waals surface area contributed by atoms with E-state index in [0.717, 1.165) is 21.4 Å². The van der Waals surface area contributed by atoms with Gasteiger partial charge in [-0.1, -0.05) is 35.3 Å². The van der Waals surface area contributed by atoms with Crippen molar-refractivity contribution in [2.45, 2.75) is 0 Å². The Morgan fingerprint density at radius 3 is 2.72 bits per heavy atom. The maximum atomic E-state index is 6.20. The number of halogens is 3. The summed E-state index contributed by atoms with van der Waals surface area (Å²) < 4.78 is 2.88. The summed E-state index contributed by atoms with van der Waals surface area (Å²) in [5.74, 6) is 0. The zero-order valence-electron chi connectivity index (χ0n) is 9.07. The standard InChI is InChI=1S/C13H7BrCl2N2/c14-9-4-2-6-18-7-11(17-13(9)18)8-3-1-5-10(15)12(8)16/h1-7H. The van der Waals surface area contributed by atoms with Crippen LogP contribution in [0, 0.1) is 0 Å². The Labute approximate surface area is 122 Å². The number of nitrogens with zero attached hydrogens (tertiary/aromatic N) is 2. The van der Waals surface area contributed by atoms with Gasteiger partial charge in [-0.05, 0) is 34.1 Å². The monoisotopic (exact) mass is 340 g/mol. The van der Waals surface area contributed by atoms with Gasteiger partial charge in [-0.2, -0.15) is 0 Å².